The van der Waals surface area contributed by atoms with Gasteiger partial charge in [0.1, 0.15) is 5.69 Å². The van der Waals surface area contributed by atoms with Crippen molar-refractivity contribution < 1.29 is 9.53 Å². The maximum Gasteiger partial charge on any atom is 0.356 e. The van der Waals surface area contributed by atoms with Crippen LogP contribution in [-0.4, -0.2) is 31.2 Å². The molecule has 1 aromatic carbocycles. The van der Waals surface area contributed by atoms with Crippen LogP contribution in [0.1, 0.15) is 40.9 Å². The Morgan fingerprint density at radius 2 is 1.75 bits per heavy atom. The van der Waals surface area contributed by atoms with E-state index in [4.69, 9.17) is 0 Å². The molecule has 24 heavy (non-hydrogen) atoms. The van der Waals surface area contributed by atoms with Gasteiger partial charge in [-0.05, 0) is 55.7 Å². The van der Waals surface area contributed by atoms with Gasteiger partial charge in [0.05, 0.1) is 7.11 Å². The van der Waals surface area contributed by atoms with Gasteiger partial charge in [0.2, 0.25) is 0 Å². The van der Waals surface area contributed by atoms with Crippen LogP contribution in [-0.2, 0) is 4.74 Å². The molecule has 0 N–H and O–H groups in total. The molecule has 122 valence electrons. The second-order valence-corrected chi connectivity index (χ2v) is 5.77. The van der Waals surface area contributed by atoms with Crippen molar-refractivity contribution in [2.45, 2.75) is 19.3 Å². The molecular formula is C20H20N2O2. The van der Waals surface area contributed by atoms with Crippen molar-refractivity contribution >= 4 is 11.7 Å². The summed E-state index contributed by atoms with van der Waals surface area (Å²) in [6, 6.07) is 11.8. The van der Waals surface area contributed by atoms with Crippen molar-refractivity contribution in [3.05, 3.63) is 59.4 Å². The molecule has 1 saturated heterocycles. The van der Waals surface area contributed by atoms with Crippen LogP contribution < -0.4 is 4.90 Å². The lowest BCUT2D eigenvalue weighted by molar-refractivity contribution is 0.0594. The van der Waals surface area contributed by atoms with Crippen LogP contribution in [0.5, 0.6) is 0 Å². The molecule has 0 atom stereocenters. The molecule has 0 bridgehead atoms. The van der Waals surface area contributed by atoms with E-state index < -0.39 is 5.97 Å². The number of hydrogen-bond donors (Lipinski definition) is 0. The lowest BCUT2D eigenvalue weighted by Gasteiger charge is -2.28. The maximum atomic E-state index is 11.5. The first kappa shape index (κ1) is 16.1. The SMILES string of the molecule is COC(=O)c1cc(C#Cc2ccc(N3CCCCC3)cc2)ccn1. The minimum absolute atomic E-state index is 0.268. The Morgan fingerprint density at radius 1 is 1.04 bits per heavy atom. The molecule has 0 spiro atoms. The largest absolute Gasteiger partial charge is 0.464 e. The number of carbonyl (C=O) groups excluding carboxylic acids is 1. The number of pyridine rings is 1. The predicted molar refractivity (Wildman–Crippen MR) is 94.1 cm³/mol. The van der Waals surface area contributed by atoms with E-state index in [2.05, 4.69) is 38.6 Å². The van der Waals surface area contributed by atoms with Crippen molar-refractivity contribution in [1.29, 1.82) is 0 Å². The molecule has 2 aromatic rings. The molecule has 0 radical (unpaired) electrons. The first-order chi connectivity index (χ1) is 11.8. The second-order valence-electron chi connectivity index (χ2n) is 5.77. The van der Waals surface area contributed by atoms with E-state index in [1.54, 1.807) is 18.3 Å². The number of benzene rings is 1. The summed E-state index contributed by atoms with van der Waals surface area (Å²) in [5.74, 6) is 5.74. The molecule has 0 amide bonds. The van der Waals surface area contributed by atoms with Gasteiger partial charge in [0.15, 0.2) is 0 Å². The van der Waals surface area contributed by atoms with Crippen LogP contribution in [0.25, 0.3) is 0 Å². The Hall–Kier alpha value is -2.80. The zero-order chi connectivity index (χ0) is 16.8. The highest BCUT2D eigenvalue weighted by Gasteiger charge is 2.10. The molecule has 0 aliphatic carbocycles. The van der Waals surface area contributed by atoms with Crippen LogP contribution in [0.3, 0.4) is 0 Å². The van der Waals surface area contributed by atoms with Gasteiger partial charge in [-0.25, -0.2) is 9.78 Å². The van der Waals surface area contributed by atoms with E-state index in [9.17, 15) is 4.79 Å². The number of hydrogen-bond acceptors (Lipinski definition) is 4. The number of rotatable bonds is 2. The molecule has 1 aliphatic heterocycles. The number of esters is 1. The topological polar surface area (TPSA) is 42.4 Å². The molecule has 0 unspecified atom stereocenters. The average molecular weight is 320 g/mol. The van der Waals surface area contributed by atoms with Crippen LogP contribution in [0.15, 0.2) is 42.6 Å². The van der Waals surface area contributed by atoms with Crippen LogP contribution >= 0.6 is 0 Å². The number of aromatic nitrogens is 1. The van der Waals surface area contributed by atoms with Crippen molar-refractivity contribution in [3.63, 3.8) is 0 Å². The van der Waals surface area contributed by atoms with Gasteiger partial charge >= 0.3 is 5.97 Å². The van der Waals surface area contributed by atoms with Gasteiger partial charge < -0.3 is 9.64 Å². The molecule has 1 fully saturated rings. The molecular weight excluding hydrogens is 300 g/mol. The zero-order valence-corrected chi connectivity index (χ0v) is 13.8. The normalized spacial score (nSPS) is 13.8. The zero-order valence-electron chi connectivity index (χ0n) is 13.8. The van der Waals surface area contributed by atoms with E-state index in [0.717, 1.165) is 24.2 Å². The monoisotopic (exact) mass is 320 g/mol. The first-order valence-corrected chi connectivity index (χ1v) is 8.18. The minimum Gasteiger partial charge on any atom is -0.464 e. The third-order valence-corrected chi connectivity index (χ3v) is 4.09. The average Bonchev–Trinajstić information content (AvgIpc) is 2.67. The molecule has 4 heteroatoms. The smallest absolute Gasteiger partial charge is 0.356 e. The summed E-state index contributed by atoms with van der Waals surface area (Å²) < 4.78 is 4.67. The first-order valence-electron chi connectivity index (χ1n) is 8.18. The number of nitrogens with zero attached hydrogens (tertiary/aromatic N) is 2. The third kappa shape index (κ3) is 3.94. The van der Waals surface area contributed by atoms with Gasteiger partial charge in [-0.1, -0.05) is 11.8 Å². The summed E-state index contributed by atoms with van der Waals surface area (Å²) in [4.78, 5) is 17.9. The number of ether oxygens (including phenoxy) is 1. The van der Waals surface area contributed by atoms with E-state index in [0.29, 0.717) is 0 Å². The fraction of sp³-hybridized carbons (Fsp3) is 0.300. The summed E-state index contributed by atoms with van der Waals surface area (Å²) >= 11 is 0. The molecule has 2 heterocycles. The van der Waals surface area contributed by atoms with Gasteiger partial charge in [-0.2, -0.15) is 0 Å². The standard InChI is InChI=1S/C20H20N2O2/c1-24-20(23)19-15-17(11-12-21-19)6-5-16-7-9-18(10-8-16)22-13-3-2-4-14-22/h7-12,15H,2-4,13-14H2,1H3. The van der Waals surface area contributed by atoms with Crippen LogP contribution in [0.2, 0.25) is 0 Å². The van der Waals surface area contributed by atoms with E-state index >= 15 is 0 Å². The highest BCUT2D eigenvalue weighted by Crippen LogP contribution is 2.19. The summed E-state index contributed by atoms with van der Waals surface area (Å²) in [6.45, 7) is 2.27. The van der Waals surface area contributed by atoms with Crippen molar-refractivity contribution in [2.75, 3.05) is 25.1 Å². The second kappa shape index (κ2) is 7.65. The van der Waals surface area contributed by atoms with Crippen LogP contribution in [0.4, 0.5) is 5.69 Å². The Kier molecular flexibility index (Phi) is 5.12. The predicted octanol–water partition coefficient (Wildman–Crippen LogP) is 3.26. The van der Waals surface area contributed by atoms with Crippen molar-refractivity contribution in [1.82, 2.24) is 4.98 Å². The highest BCUT2D eigenvalue weighted by molar-refractivity contribution is 5.87. The van der Waals surface area contributed by atoms with E-state index in [1.807, 2.05) is 12.1 Å². The van der Waals surface area contributed by atoms with Gasteiger partial charge in [-0.15, -0.1) is 0 Å². The van der Waals surface area contributed by atoms with Gasteiger partial charge in [0, 0.05) is 36.1 Å². The summed E-state index contributed by atoms with van der Waals surface area (Å²) in [5, 5.41) is 0. The molecule has 4 nitrogen and oxygen atoms in total. The Morgan fingerprint density at radius 3 is 2.46 bits per heavy atom. The summed E-state index contributed by atoms with van der Waals surface area (Å²) in [5.41, 5.74) is 3.22. The summed E-state index contributed by atoms with van der Waals surface area (Å²) in [7, 11) is 1.34. The fourth-order valence-electron chi connectivity index (χ4n) is 2.78. The maximum absolute atomic E-state index is 11.5. The molecule has 0 saturated carbocycles. The van der Waals surface area contributed by atoms with E-state index in [-0.39, 0.29) is 5.69 Å². The molecule has 1 aromatic heterocycles. The number of carbonyl (C=O) groups is 1. The molecule has 1 aliphatic rings. The quantitative estimate of drug-likeness (QED) is 0.629. The lowest BCUT2D eigenvalue weighted by Crippen LogP contribution is -2.29. The van der Waals surface area contributed by atoms with Gasteiger partial charge in [-0.3, -0.25) is 0 Å². The number of methoxy groups -OCH3 is 1. The van der Waals surface area contributed by atoms with Crippen LogP contribution in [0, 0.1) is 11.8 Å². The number of anilines is 1. The van der Waals surface area contributed by atoms with Crippen molar-refractivity contribution in [2.24, 2.45) is 0 Å². The van der Waals surface area contributed by atoms with Gasteiger partial charge in [0.25, 0.3) is 0 Å². The Labute approximate surface area is 142 Å². The summed E-state index contributed by atoms with van der Waals surface area (Å²) in [6.07, 6.45) is 5.44. The van der Waals surface area contributed by atoms with E-state index in [1.165, 1.54) is 32.1 Å². The van der Waals surface area contributed by atoms with Crippen molar-refractivity contribution in [3.8, 4) is 11.8 Å². The minimum atomic E-state index is -0.454. The highest BCUT2D eigenvalue weighted by atomic mass is 16.5. The lowest BCUT2D eigenvalue weighted by atomic mass is 10.1. The third-order valence-electron chi connectivity index (χ3n) is 4.09. The molecule has 3 rings (SSSR count). The number of piperidine rings is 1. The fourth-order valence-corrected chi connectivity index (χ4v) is 2.78. The Balaban J connectivity index is 1.72. The Bertz CT molecular complexity index is 766.